The topological polar surface area (TPSA) is 35.5 Å². The van der Waals surface area contributed by atoms with Crippen LogP contribution in [-0.2, 0) is 9.47 Å². The van der Waals surface area contributed by atoms with Crippen LogP contribution in [0, 0.1) is 5.92 Å². The van der Waals surface area contributed by atoms with Crippen molar-refractivity contribution >= 4 is 6.16 Å². The Morgan fingerprint density at radius 1 is 0.895 bits per heavy atom. The van der Waals surface area contributed by atoms with E-state index in [1.54, 1.807) is 0 Å². The average Bonchev–Trinajstić information content (AvgIpc) is 2.43. The SMILES string of the molecule is CCCCCCC(CC)COC(=O)OCCCCC. The maximum atomic E-state index is 11.4. The first-order valence-corrected chi connectivity index (χ1v) is 8.04. The first-order chi connectivity index (χ1) is 9.24. The van der Waals surface area contributed by atoms with Crippen LogP contribution in [0.4, 0.5) is 4.79 Å². The monoisotopic (exact) mass is 272 g/mol. The molecule has 0 saturated heterocycles. The standard InChI is InChI=1S/C16H32O3/c1-4-7-9-10-12-15(6-3)14-19-16(17)18-13-11-8-5-2/h15H,4-14H2,1-3H3. The lowest BCUT2D eigenvalue weighted by Crippen LogP contribution is -2.15. The molecule has 0 aliphatic rings. The summed E-state index contributed by atoms with van der Waals surface area (Å²) in [6.07, 6.45) is 9.97. The molecule has 0 radical (unpaired) electrons. The summed E-state index contributed by atoms with van der Waals surface area (Å²) in [6.45, 7) is 7.49. The third-order valence-corrected chi connectivity index (χ3v) is 3.45. The van der Waals surface area contributed by atoms with Gasteiger partial charge in [0.2, 0.25) is 0 Å². The second-order valence-corrected chi connectivity index (χ2v) is 5.24. The van der Waals surface area contributed by atoms with Crippen LogP contribution in [0.25, 0.3) is 0 Å². The maximum Gasteiger partial charge on any atom is 0.508 e. The van der Waals surface area contributed by atoms with Gasteiger partial charge >= 0.3 is 6.16 Å². The van der Waals surface area contributed by atoms with Crippen LogP contribution in [0.3, 0.4) is 0 Å². The van der Waals surface area contributed by atoms with E-state index in [-0.39, 0.29) is 0 Å². The summed E-state index contributed by atoms with van der Waals surface area (Å²) in [6, 6.07) is 0. The fourth-order valence-corrected chi connectivity index (χ4v) is 2.00. The van der Waals surface area contributed by atoms with E-state index in [1.165, 1.54) is 25.7 Å². The van der Waals surface area contributed by atoms with Crippen molar-refractivity contribution in [2.24, 2.45) is 5.92 Å². The van der Waals surface area contributed by atoms with Crippen LogP contribution in [0.15, 0.2) is 0 Å². The predicted octanol–water partition coefficient (Wildman–Crippen LogP) is 5.33. The van der Waals surface area contributed by atoms with E-state index in [0.29, 0.717) is 19.1 Å². The van der Waals surface area contributed by atoms with Crippen LogP contribution in [0.2, 0.25) is 0 Å². The Balaban J connectivity index is 3.54. The highest BCUT2D eigenvalue weighted by molar-refractivity contribution is 5.59. The van der Waals surface area contributed by atoms with E-state index in [0.717, 1.165) is 32.1 Å². The molecule has 0 heterocycles. The molecule has 0 aromatic heterocycles. The Kier molecular flexibility index (Phi) is 13.2. The Hall–Kier alpha value is -0.730. The molecule has 1 atom stereocenters. The summed E-state index contributed by atoms with van der Waals surface area (Å²) in [5, 5.41) is 0. The average molecular weight is 272 g/mol. The molecular formula is C16H32O3. The summed E-state index contributed by atoms with van der Waals surface area (Å²) in [5.41, 5.74) is 0. The van der Waals surface area contributed by atoms with Crippen LogP contribution in [0.1, 0.15) is 78.6 Å². The fourth-order valence-electron chi connectivity index (χ4n) is 2.00. The van der Waals surface area contributed by atoms with Gasteiger partial charge in [-0.3, -0.25) is 0 Å². The third kappa shape index (κ3) is 12.1. The molecule has 0 amide bonds. The zero-order valence-corrected chi connectivity index (χ0v) is 13.1. The van der Waals surface area contributed by atoms with Crippen molar-refractivity contribution in [1.82, 2.24) is 0 Å². The van der Waals surface area contributed by atoms with E-state index in [9.17, 15) is 4.79 Å². The molecule has 0 aromatic carbocycles. The lowest BCUT2D eigenvalue weighted by atomic mass is 9.99. The predicted molar refractivity (Wildman–Crippen MR) is 79.4 cm³/mol. The zero-order valence-electron chi connectivity index (χ0n) is 13.1. The maximum absolute atomic E-state index is 11.4. The number of ether oxygens (including phenoxy) is 2. The molecule has 1 unspecified atom stereocenters. The van der Waals surface area contributed by atoms with Gasteiger partial charge in [-0.15, -0.1) is 0 Å². The largest absolute Gasteiger partial charge is 0.508 e. The van der Waals surface area contributed by atoms with Crippen molar-refractivity contribution in [1.29, 1.82) is 0 Å². The minimum Gasteiger partial charge on any atom is -0.434 e. The van der Waals surface area contributed by atoms with Gasteiger partial charge in [-0.25, -0.2) is 4.79 Å². The van der Waals surface area contributed by atoms with Gasteiger partial charge in [0.1, 0.15) is 0 Å². The van der Waals surface area contributed by atoms with Crippen molar-refractivity contribution in [2.45, 2.75) is 78.6 Å². The third-order valence-electron chi connectivity index (χ3n) is 3.45. The molecule has 0 rings (SSSR count). The highest BCUT2D eigenvalue weighted by Gasteiger charge is 2.10. The summed E-state index contributed by atoms with van der Waals surface area (Å²) in [4.78, 5) is 11.4. The van der Waals surface area contributed by atoms with Crippen molar-refractivity contribution in [3.8, 4) is 0 Å². The van der Waals surface area contributed by atoms with Crippen molar-refractivity contribution in [2.75, 3.05) is 13.2 Å². The number of carbonyl (C=O) groups excluding carboxylic acids is 1. The molecular weight excluding hydrogens is 240 g/mol. The number of rotatable bonds is 12. The van der Waals surface area contributed by atoms with Gasteiger partial charge in [-0.1, -0.05) is 65.7 Å². The van der Waals surface area contributed by atoms with E-state index < -0.39 is 6.16 Å². The van der Waals surface area contributed by atoms with E-state index in [2.05, 4.69) is 20.8 Å². The van der Waals surface area contributed by atoms with Gasteiger partial charge in [-0.2, -0.15) is 0 Å². The van der Waals surface area contributed by atoms with Crippen LogP contribution < -0.4 is 0 Å². The van der Waals surface area contributed by atoms with Gasteiger partial charge in [0.05, 0.1) is 13.2 Å². The van der Waals surface area contributed by atoms with Crippen LogP contribution >= 0.6 is 0 Å². The first-order valence-electron chi connectivity index (χ1n) is 8.04. The number of unbranched alkanes of at least 4 members (excludes halogenated alkanes) is 5. The lowest BCUT2D eigenvalue weighted by molar-refractivity contribution is 0.0416. The summed E-state index contributed by atoms with van der Waals surface area (Å²) >= 11 is 0. The Morgan fingerprint density at radius 3 is 2.21 bits per heavy atom. The molecule has 114 valence electrons. The molecule has 0 saturated carbocycles. The van der Waals surface area contributed by atoms with E-state index in [1.807, 2.05) is 0 Å². The summed E-state index contributed by atoms with van der Waals surface area (Å²) < 4.78 is 10.2. The molecule has 0 N–H and O–H groups in total. The molecule has 0 aliphatic heterocycles. The van der Waals surface area contributed by atoms with Gasteiger partial charge < -0.3 is 9.47 Å². The molecule has 0 aromatic rings. The van der Waals surface area contributed by atoms with E-state index >= 15 is 0 Å². The van der Waals surface area contributed by atoms with Crippen LogP contribution in [-0.4, -0.2) is 19.4 Å². The van der Waals surface area contributed by atoms with Crippen molar-refractivity contribution in [3.63, 3.8) is 0 Å². The second-order valence-electron chi connectivity index (χ2n) is 5.24. The quantitative estimate of drug-likeness (QED) is 0.356. The Morgan fingerprint density at radius 2 is 1.58 bits per heavy atom. The second kappa shape index (κ2) is 13.7. The summed E-state index contributed by atoms with van der Waals surface area (Å²) in [7, 11) is 0. The van der Waals surface area contributed by atoms with Crippen molar-refractivity contribution < 1.29 is 14.3 Å². The molecule has 0 bridgehead atoms. The molecule has 0 aliphatic carbocycles. The molecule has 3 heteroatoms. The van der Waals surface area contributed by atoms with Gasteiger partial charge in [0.25, 0.3) is 0 Å². The van der Waals surface area contributed by atoms with Crippen LogP contribution in [0.5, 0.6) is 0 Å². The lowest BCUT2D eigenvalue weighted by Gasteiger charge is -2.14. The number of carbonyl (C=O) groups is 1. The smallest absolute Gasteiger partial charge is 0.434 e. The highest BCUT2D eigenvalue weighted by Crippen LogP contribution is 2.15. The fraction of sp³-hybridized carbons (Fsp3) is 0.938. The summed E-state index contributed by atoms with van der Waals surface area (Å²) in [5.74, 6) is 0.486. The van der Waals surface area contributed by atoms with E-state index in [4.69, 9.17) is 9.47 Å². The Bertz CT molecular complexity index is 204. The molecule has 0 fully saturated rings. The van der Waals surface area contributed by atoms with Gasteiger partial charge in [0, 0.05) is 0 Å². The first kappa shape index (κ1) is 18.3. The number of hydrogen-bond donors (Lipinski definition) is 0. The molecule has 0 spiro atoms. The van der Waals surface area contributed by atoms with Crippen molar-refractivity contribution in [3.05, 3.63) is 0 Å². The molecule has 19 heavy (non-hydrogen) atoms. The minimum absolute atomic E-state index is 0.486. The Labute approximate surface area is 119 Å². The van der Waals surface area contributed by atoms with Gasteiger partial charge in [-0.05, 0) is 18.8 Å². The number of hydrogen-bond acceptors (Lipinski definition) is 3. The minimum atomic E-state index is -0.497. The molecule has 3 nitrogen and oxygen atoms in total. The normalized spacial score (nSPS) is 12.2. The van der Waals surface area contributed by atoms with Gasteiger partial charge in [0.15, 0.2) is 0 Å². The zero-order chi connectivity index (χ0) is 14.3. The highest BCUT2D eigenvalue weighted by atomic mass is 16.7.